The molecule has 8 heteroatoms. The Hall–Kier alpha value is -1.67. The van der Waals surface area contributed by atoms with Crippen LogP contribution in [0.4, 0.5) is 0 Å². The van der Waals surface area contributed by atoms with Gasteiger partial charge in [-0.3, -0.25) is 9.59 Å². The molecule has 0 aliphatic rings. The average molecular weight is 305 g/mol. The molecule has 1 amide bonds. The van der Waals surface area contributed by atoms with Crippen molar-refractivity contribution in [1.82, 2.24) is 5.32 Å². The molecule has 0 aromatic rings. The molecule has 0 saturated heterocycles. The number of carbonyl (C=O) groups excluding carboxylic acids is 3. The highest BCUT2D eigenvalue weighted by molar-refractivity contribution is 5.85. The first kappa shape index (κ1) is 19.3. The summed E-state index contributed by atoms with van der Waals surface area (Å²) in [5.41, 5.74) is 0. The molecule has 0 aliphatic heterocycles. The standard InChI is InChI=1S/C13H23NO7/c1-9(12(16)19-3)7-10(13(17)20-4)14-11(15)8-21-6-5-18-2/h9-10H,5-8H2,1-4H3,(H,14,15)/t9-,10-/m1/s1. The Balaban J connectivity index is 4.39. The van der Waals surface area contributed by atoms with E-state index < -0.39 is 29.8 Å². The van der Waals surface area contributed by atoms with Crippen molar-refractivity contribution in [1.29, 1.82) is 0 Å². The Labute approximate surface area is 124 Å². The van der Waals surface area contributed by atoms with Gasteiger partial charge in [0.2, 0.25) is 5.91 Å². The van der Waals surface area contributed by atoms with E-state index in [2.05, 4.69) is 14.8 Å². The number of amides is 1. The van der Waals surface area contributed by atoms with Gasteiger partial charge < -0.3 is 24.3 Å². The molecular formula is C13H23NO7. The molecule has 0 spiro atoms. The van der Waals surface area contributed by atoms with Gasteiger partial charge in [0.05, 0.1) is 33.4 Å². The second-order valence-corrected chi connectivity index (χ2v) is 4.35. The second-order valence-electron chi connectivity index (χ2n) is 4.35. The Morgan fingerprint density at radius 1 is 1.00 bits per heavy atom. The number of rotatable bonds is 10. The van der Waals surface area contributed by atoms with Crippen LogP contribution in [0.5, 0.6) is 0 Å². The summed E-state index contributed by atoms with van der Waals surface area (Å²) in [4.78, 5) is 34.6. The summed E-state index contributed by atoms with van der Waals surface area (Å²) in [5.74, 6) is -2.11. The van der Waals surface area contributed by atoms with Crippen LogP contribution < -0.4 is 5.32 Å². The van der Waals surface area contributed by atoms with Crippen molar-refractivity contribution in [2.45, 2.75) is 19.4 Å². The molecular weight excluding hydrogens is 282 g/mol. The normalized spacial score (nSPS) is 13.1. The van der Waals surface area contributed by atoms with Crippen molar-refractivity contribution >= 4 is 17.8 Å². The van der Waals surface area contributed by atoms with Gasteiger partial charge in [-0.05, 0) is 6.42 Å². The summed E-state index contributed by atoms with van der Waals surface area (Å²) in [6.07, 6.45) is 0.0865. The minimum Gasteiger partial charge on any atom is -0.469 e. The smallest absolute Gasteiger partial charge is 0.328 e. The molecule has 2 atom stereocenters. The van der Waals surface area contributed by atoms with E-state index in [1.807, 2.05) is 0 Å². The molecule has 0 rings (SSSR count). The van der Waals surface area contributed by atoms with Crippen molar-refractivity contribution in [3.8, 4) is 0 Å². The number of ether oxygens (including phenoxy) is 4. The highest BCUT2D eigenvalue weighted by atomic mass is 16.5. The molecule has 8 nitrogen and oxygen atoms in total. The number of carbonyl (C=O) groups is 3. The van der Waals surface area contributed by atoms with Crippen LogP contribution >= 0.6 is 0 Å². The number of nitrogens with one attached hydrogen (secondary N) is 1. The van der Waals surface area contributed by atoms with Crippen molar-refractivity contribution in [3.63, 3.8) is 0 Å². The molecule has 0 saturated carbocycles. The molecule has 0 bridgehead atoms. The molecule has 0 heterocycles. The fourth-order valence-corrected chi connectivity index (χ4v) is 1.55. The number of esters is 2. The number of methoxy groups -OCH3 is 3. The summed E-state index contributed by atoms with van der Waals surface area (Å²) in [5, 5.41) is 2.47. The van der Waals surface area contributed by atoms with Crippen LogP contribution in [0.25, 0.3) is 0 Å². The monoisotopic (exact) mass is 305 g/mol. The molecule has 0 aromatic carbocycles. The quantitative estimate of drug-likeness (QED) is 0.429. The lowest BCUT2D eigenvalue weighted by Gasteiger charge is -2.19. The van der Waals surface area contributed by atoms with E-state index >= 15 is 0 Å². The van der Waals surface area contributed by atoms with Crippen LogP contribution in [0, 0.1) is 5.92 Å². The summed E-state index contributed by atoms with van der Waals surface area (Å²) in [7, 11) is 3.98. The SMILES string of the molecule is COCCOCC(=O)N[C@H](C[C@@H](C)C(=O)OC)C(=O)OC. The third kappa shape index (κ3) is 8.26. The van der Waals surface area contributed by atoms with E-state index in [0.29, 0.717) is 6.61 Å². The molecule has 0 unspecified atom stereocenters. The molecule has 1 N–H and O–H groups in total. The molecule has 21 heavy (non-hydrogen) atoms. The van der Waals surface area contributed by atoms with Gasteiger partial charge in [-0.2, -0.15) is 0 Å². The van der Waals surface area contributed by atoms with E-state index in [1.165, 1.54) is 21.3 Å². The number of hydrogen-bond donors (Lipinski definition) is 1. The minimum absolute atomic E-state index is 0.0865. The first-order valence-electron chi connectivity index (χ1n) is 6.47. The Morgan fingerprint density at radius 2 is 1.62 bits per heavy atom. The van der Waals surface area contributed by atoms with Gasteiger partial charge in [0.25, 0.3) is 0 Å². The van der Waals surface area contributed by atoms with E-state index in [0.717, 1.165) is 0 Å². The minimum atomic E-state index is -0.928. The third-order valence-electron chi connectivity index (χ3n) is 2.68. The van der Waals surface area contributed by atoms with E-state index in [1.54, 1.807) is 6.92 Å². The zero-order valence-electron chi connectivity index (χ0n) is 12.8. The Morgan fingerprint density at radius 3 is 2.14 bits per heavy atom. The maximum Gasteiger partial charge on any atom is 0.328 e. The largest absolute Gasteiger partial charge is 0.469 e. The third-order valence-corrected chi connectivity index (χ3v) is 2.68. The second kappa shape index (κ2) is 11.0. The van der Waals surface area contributed by atoms with Crippen molar-refractivity contribution < 1.29 is 33.3 Å². The van der Waals surface area contributed by atoms with Gasteiger partial charge >= 0.3 is 11.9 Å². The van der Waals surface area contributed by atoms with Gasteiger partial charge in [-0.15, -0.1) is 0 Å². The van der Waals surface area contributed by atoms with Gasteiger partial charge in [0.1, 0.15) is 12.6 Å². The lowest BCUT2D eigenvalue weighted by Crippen LogP contribution is -2.44. The fraction of sp³-hybridized carbons (Fsp3) is 0.769. The topological polar surface area (TPSA) is 100 Å². The molecule has 122 valence electrons. The van der Waals surface area contributed by atoms with Crippen molar-refractivity contribution in [3.05, 3.63) is 0 Å². The average Bonchev–Trinajstić information content (AvgIpc) is 2.49. The van der Waals surface area contributed by atoms with Crippen LogP contribution in [-0.2, 0) is 33.3 Å². The maximum atomic E-state index is 11.7. The van der Waals surface area contributed by atoms with Gasteiger partial charge in [-0.1, -0.05) is 6.92 Å². The number of hydrogen-bond acceptors (Lipinski definition) is 7. The van der Waals surface area contributed by atoms with Crippen LogP contribution in [0.1, 0.15) is 13.3 Å². The van der Waals surface area contributed by atoms with Crippen molar-refractivity contribution in [2.24, 2.45) is 5.92 Å². The highest BCUT2D eigenvalue weighted by Gasteiger charge is 2.27. The zero-order valence-corrected chi connectivity index (χ0v) is 12.8. The highest BCUT2D eigenvalue weighted by Crippen LogP contribution is 2.09. The zero-order chi connectivity index (χ0) is 16.3. The van der Waals surface area contributed by atoms with E-state index in [-0.39, 0.29) is 19.6 Å². The fourth-order valence-electron chi connectivity index (χ4n) is 1.55. The predicted octanol–water partition coefficient (Wildman–Crippen LogP) is -0.494. The maximum absolute atomic E-state index is 11.7. The van der Waals surface area contributed by atoms with Crippen LogP contribution in [0.2, 0.25) is 0 Å². The Bertz CT molecular complexity index is 345. The molecule has 0 aromatic heterocycles. The van der Waals surface area contributed by atoms with E-state index in [4.69, 9.17) is 9.47 Å². The Kier molecular flexibility index (Phi) is 10.2. The summed E-state index contributed by atoms with van der Waals surface area (Å²) in [6, 6.07) is -0.928. The van der Waals surface area contributed by atoms with Crippen molar-refractivity contribution in [2.75, 3.05) is 41.2 Å². The first-order chi connectivity index (χ1) is 9.96. The van der Waals surface area contributed by atoms with Crippen LogP contribution in [-0.4, -0.2) is 65.0 Å². The molecule has 0 fully saturated rings. The predicted molar refractivity (Wildman–Crippen MR) is 72.4 cm³/mol. The molecule has 0 radical (unpaired) electrons. The molecule has 0 aliphatic carbocycles. The lowest BCUT2D eigenvalue weighted by molar-refractivity contribution is -0.149. The lowest BCUT2D eigenvalue weighted by atomic mass is 10.0. The van der Waals surface area contributed by atoms with Gasteiger partial charge in [0.15, 0.2) is 0 Å². The first-order valence-corrected chi connectivity index (χ1v) is 6.47. The van der Waals surface area contributed by atoms with Gasteiger partial charge in [-0.25, -0.2) is 4.79 Å². The summed E-state index contributed by atoms with van der Waals surface area (Å²) < 4.78 is 19.0. The van der Waals surface area contributed by atoms with Gasteiger partial charge in [0, 0.05) is 7.11 Å². The summed E-state index contributed by atoms with van der Waals surface area (Å²) >= 11 is 0. The van der Waals surface area contributed by atoms with Crippen LogP contribution in [0.15, 0.2) is 0 Å². The summed E-state index contributed by atoms with van der Waals surface area (Å²) in [6.45, 7) is 2.03. The van der Waals surface area contributed by atoms with Crippen LogP contribution in [0.3, 0.4) is 0 Å². The van der Waals surface area contributed by atoms with E-state index in [9.17, 15) is 14.4 Å².